The van der Waals surface area contributed by atoms with Crippen LogP contribution < -0.4 is 10.6 Å². The van der Waals surface area contributed by atoms with E-state index in [1.807, 2.05) is 6.07 Å². The number of benzene rings is 1. The fraction of sp³-hybridized carbons (Fsp3) is 0.222. The van der Waals surface area contributed by atoms with E-state index in [0.29, 0.717) is 6.54 Å². The van der Waals surface area contributed by atoms with Crippen molar-refractivity contribution in [1.29, 1.82) is 0 Å². The number of hydrogen-bond donors (Lipinski definition) is 3. The first-order valence-electron chi connectivity index (χ1n) is 4.09. The van der Waals surface area contributed by atoms with Crippen molar-refractivity contribution in [3.63, 3.8) is 0 Å². The van der Waals surface area contributed by atoms with E-state index in [2.05, 4.69) is 10.6 Å². The van der Waals surface area contributed by atoms with Crippen LogP contribution in [0.25, 0.3) is 0 Å². The lowest BCUT2D eigenvalue weighted by atomic mass is 10.1. The van der Waals surface area contributed by atoms with Crippen molar-refractivity contribution in [2.24, 2.45) is 0 Å². The molecule has 13 heavy (non-hydrogen) atoms. The average Bonchev–Trinajstić information content (AvgIpc) is 2.52. The highest BCUT2D eigenvalue weighted by molar-refractivity contribution is 5.76. The van der Waals surface area contributed by atoms with Crippen molar-refractivity contribution in [3.05, 3.63) is 29.8 Å². The first kappa shape index (κ1) is 7.91. The van der Waals surface area contributed by atoms with E-state index in [4.69, 9.17) is 0 Å². The van der Waals surface area contributed by atoms with Crippen LogP contribution in [-0.4, -0.2) is 17.7 Å². The maximum absolute atomic E-state index is 10.8. The second kappa shape index (κ2) is 2.97. The molecule has 0 aliphatic carbocycles. The molecule has 1 fully saturated rings. The Morgan fingerprint density at radius 3 is 2.92 bits per heavy atom. The summed E-state index contributed by atoms with van der Waals surface area (Å²) in [6.07, 6.45) is 0. The molecule has 0 bridgehead atoms. The molecule has 0 unspecified atom stereocenters. The first-order chi connectivity index (χ1) is 6.25. The van der Waals surface area contributed by atoms with Gasteiger partial charge in [0.25, 0.3) is 0 Å². The van der Waals surface area contributed by atoms with Gasteiger partial charge in [-0.1, -0.05) is 12.1 Å². The zero-order valence-electron chi connectivity index (χ0n) is 6.95. The monoisotopic (exact) mass is 178 g/mol. The molecule has 4 nitrogen and oxygen atoms in total. The van der Waals surface area contributed by atoms with Gasteiger partial charge in [-0.2, -0.15) is 0 Å². The maximum atomic E-state index is 10.8. The molecule has 1 saturated heterocycles. The highest BCUT2D eigenvalue weighted by atomic mass is 16.3. The van der Waals surface area contributed by atoms with E-state index >= 15 is 0 Å². The van der Waals surface area contributed by atoms with Crippen LogP contribution in [0.5, 0.6) is 5.75 Å². The molecule has 0 aromatic heterocycles. The number of nitrogens with one attached hydrogen (secondary N) is 2. The molecule has 2 amide bonds. The molecular weight excluding hydrogens is 168 g/mol. The lowest BCUT2D eigenvalue weighted by molar-refractivity contribution is 0.247. The number of amides is 2. The van der Waals surface area contributed by atoms with Gasteiger partial charge in [-0.3, -0.25) is 0 Å². The Balaban J connectivity index is 2.21. The standard InChI is InChI=1S/C9H10N2O2/c12-7-3-1-2-6(4-7)8-5-10-9(13)11-8/h1-4,8,12H,5H2,(H2,10,11,13)/t8-/m0/s1. The normalized spacial score (nSPS) is 20.9. The first-order valence-corrected chi connectivity index (χ1v) is 4.09. The SMILES string of the molecule is O=C1NC[C@@H](c2cccc(O)c2)N1. The Morgan fingerprint density at radius 1 is 1.46 bits per heavy atom. The summed E-state index contributed by atoms with van der Waals surface area (Å²) in [5, 5.41) is 14.6. The third-order valence-corrected chi connectivity index (χ3v) is 2.04. The minimum atomic E-state index is -0.159. The predicted molar refractivity (Wildman–Crippen MR) is 47.4 cm³/mol. The van der Waals surface area contributed by atoms with Crippen LogP contribution in [0.1, 0.15) is 11.6 Å². The number of phenols is 1. The van der Waals surface area contributed by atoms with Crippen molar-refractivity contribution in [3.8, 4) is 5.75 Å². The lowest BCUT2D eigenvalue weighted by Gasteiger charge is -2.08. The molecule has 0 saturated carbocycles. The maximum Gasteiger partial charge on any atom is 0.315 e. The Hall–Kier alpha value is -1.71. The zero-order chi connectivity index (χ0) is 9.26. The molecule has 3 N–H and O–H groups in total. The van der Waals surface area contributed by atoms with Gasteiger partial charge >= 0.3 is 6.03 Å². The Kier molecular flexibility index (Phi) is 1.81. The highest BCUT2D eigenvalue weighted by Gasteiger charge is 2.21. The molecule has 1 aromatic rings. The number of phenolic OH excluding ortho intramolecular Hbond substituents is 1. The Bertz CT molecular complexity index is 338. The number of rotatable bonds is 1. The van der Waals surface area contributed by atoms with Crippen LogP contribution in [0.15, 0.2) is 24.3 Å². The summed E-state index contributed by atoms with van der Waals surface area (Å²) in [4.78, 5) is 10.8. The molecule has 68 valence electrons. The van der Waals surface area contributed by atoms with E-state index in [-0.39, 0.29) is 17.8 Å². The molecule has 4 heteroatoms. The number of hydrogen-bond acceptors (Lipinski definition) is 2. The molecular formula is C9H10N2O2. The van der Waals surface area contributed by atoms with Gasteiger partial charge in [-0.05, 0) is 17.7 Å². The van der Waals surface area contributed by atoms with Crippen LogP contribution in [0, 0.1) is 0 Å². The zero-order valence-corrected chi connectivity index (χ0v) is 6.95. The summed E-state index contributed by atoms with van der Waals surface area (Å²) in [6.45, 7) is 0.572. The van der Waals surface area contributed by atoms with Crippen molar-refractivity contribution < 1.29 is 9.90 Å². The topological polar surface area (TPSA) is 61.4 Å². The fourth-order valence-corrected chi connectivity index (χ4v) is 1.40. The summed E-state index contributed by atoms with van der Waals surface area (Å²) in [6, 6.07) is 6.70. The molecule has 2 rings (SSSR count). The number of carbonyl (C=O) groups excluding carboxylic acids is 1. The molecule has 1 aromatic carbocycles. The summed E-state index contributed by atoms with van der Waals surface area (Å²) >= 11 is 0. The largest absolute Gasteiger partial charge is 0.508 e. The van der Waals surface area contributed by atoms with Crippen LogP contribution in [-0.2, 0) is 0 Å². The minimum absolute atomic E-state index is 0.0281. The molecule has 1 aliphatic rings. The van der Waals surface area contributed by atoms with Crippen LogP contribution in [0.3, 0.4) is 0 Å². The number of urea groups is 1. The van der Waals surface area contributed by atoms with Gasteiger partial charge in [0.15, 0.2) is 0 Å². The van der Waals surface area contributed by atoms with Gasteiger partial charge in [0.1, 0.15) is 5.75 Å². The second-order valence-electron chi connectivity index (χ2n) is 3.00. The molecule has 1 heterocycles. The third-order valence-electron chi connectivity index (χ3n) is 2.04. The van der Waals surface area contributed by atoms with Gasteiger partial charge in [-0.25, -0.2) is 4.79 Å². The van der Waals surface area contributed by atoms with E-state index in [0.717, 1.165) is 5.56 Å². The second-order valence-corrected chi connectivity index (χ2v) is 3.00. The van der Waals surface area contributed by atoms with E-state index in [1.165, 1.54) is 0 Å². The van der Waals surface area contributed by atoms with Crippen molar-refractivity contribution >= 4 is 6.03 Å². The third kappa shape index (κ3) is 1.56. The van der Waals surface area contributed by atoms with Crippen molar-refractivity contribution in [2.45, 2.75) is 6.04 Å². The Morgan fingerprint density at radius 2 is 2.31 bits per heavy atom. The van der Waals surface area contributed by atoms with Crippen LogP contribution in [0.4, 0.5) is 4.79 Å². The van der Waals surface area contributed by atoms with Crippen molar-refractivity contribution in [1.82, 2.24) is 10.6 Å². The number of carbonyl (C=O) groups is 1. The van der Waals surface area contributed by atoms with Gasteiger partial charge < -0.3 is 15.7 Å². The minimum Gasteiger partial charge on any atom is -0.508 e. The van der Waals surface area contributed by atoms with Crippen LogP contribution >= 0.6 is 0 Å². The summed E-state index contributed by atoms with van der Waals surface area (Å²) in [5.74, 6) is 0.221. The summed E-state index contributed by atoms with van der Waals surface area (Å²) in [5.41, 5.74) is 0.915. The van der Waals surface area contributed by atoms with Crippen LogP contribution in [0.2, 0.25) is 0 Å². The molecule has 0 radical (unpaired) electrons. The number of aromatic hydroxyl groups is 1. The van der Waals surface area contributed by atoms with E-state index in [9.17, 15) is 9.90 Å². The van der Waals surface area contributed by atoms with Gasteiger partial charge in [0, 0.05) is 6.54 Å². The lowest BCUT2D eigenvalue weighted by Crippen LogP contribution is -2.21. The fourth-order valence-electron chi connectivity index (χ4n) is 1.40. The average molecular weight is 178 g/mol. The van der Waals surface area contributed by atoms with Gasteiger partial charge in [-0.15, -0.1) is 0 Å². The highest BCUT2D eigenvalue weighted by Crippen LogP contribution is 2.19. The quantitative estimate of drug-likeness (QED) is 0.594. The van der Waals surface area contributed by atoms with Gasteiger partial charge in [0.2, 0.25) is 0 Å². The molecule has 1 atom stereocenters. The van der Waals surface area contributed by atoms with E-state index < -0.39 is 0 Å². The smallest absolute Gasteiger partial charge is 0.315 e. The Labute approximate surface area is 75.6 Å². The van der Waals surface area contributed by atoms with Crippen molar-refractivity contribution in [2.75, 3.05) is 6.54 Å². The molecule has 0 spiro atoms. The summed E-state index contributed by atoms with van der Waals surface area (Å²) < 4.78 is 0. The van der Waals surface area contributed by atoms with E-state index in [1.54, 1.807) is 18.2 Å². The molecule has 1 aliphatic heterocycles. The predicted octanol–water partition coefficient (Wildman–Crippen LogP) is 0.746. The summed E-state index contributed by atoms with van der Waals surface area (Å²) in [7, 11) is 0. The van der Waals surface area contributed by atoms with Gasteiger partial charge in [0.05, 0.1) is 6.04 Å².